The Bertz CT molecular complexity index is 1250. The van der Waals surface area contributed by atoms with Gasteiger partial charge in [-0.2, -0.15) is 26.3 Å². The van der Waals surface area contributed by atoms with Gasteiger partial charge in [0.1, 0.15) is 16.9 Å². The van der Waals surface area contributed by atoms with E-state index in [0.29, 0.717) is 16.2 Å². The summed E-state index contributed by atoms with van der Waals surface area (Å²) in [5.41, 5.74) is -0.738. The fourth-order valence-corrected chi connectivity index (χ4v) is 4.21. The lowest BCUT2D eigenvalue weighted by Crippen LogP contribution is -2.11. The van der Waals surface area contributed by atoms with Gasteiger partial charge in [0.05, 0.1) is 24.0 Å². The summed E-state index contributed by atoms with van der Waals surface area (Å²) < 4.78 is 81.0. The van der Waals surface area contributed by atoms with Crippen LogP contribution in [0.4, 0.5) is 26.3 Å². The second-order valence-electron chi connectivity index (χ2n) is 6.82. The first kappa shape index (κ1) is 22.1. The molecule has 0 spiro atoms. The number of rotatable bonds is 5. The molecule has 166 valence electrons. The SMILES string of the molecule is FC(F)(F)c1ccccc1CSc1ncnc2c1ncn2Cc1ccccc1C(F)(F)F. The van der Waals surface area contributed by atoms with Crippen LogP contribution in [0.15, 0.2) is 66.2 Å². The molecule has 0 bridgehead atoms. The van der Waals surface area contributed by atoms with Gasteiger partial charge in [0, 0.05) is 5.75 Å². The van der Waals surface area contributed by atoms with Gasteiger partial charge in [-0.05, 0) is 23.3 Å². The molecule has 2 aromatic carbocycles. The first-order valence-electron chi connectivity index (χ1n) is 9.23. The lowest BCUT2D eigenvalue weighted by atomic mass is 10.1. The molecule has 0 aliphatic carbocycles. The first-order chi connectivity index (χ1) is 15.1. The van der Waals surface area contributed by atoms with Crippen LogP contribution in [-0.4, -0.2) is 19.5 Å². The standard InChI is InChI=1S/C21H14F6N4S/c22-20(23,24)15-7-3-1-5-13(15)9-31-12-30-17-18(31)28-11-29-19(17)32-10-14-6-2-4-8-16(14)21(25,26)27/h1-8,11-12H,9-10H2. The predicted octanol–water partition coefficient (Wildman–Crippen LogP) is 6.20. The number of hydrogen-bond acceptors (Lipinski definition) is 4. The molecule has 0 N–H and O–H groups in total. The average molecular weight is 468 g/mol. The van der Waals surface area contributed by atoms with Crippen molar-refractivity contribution in [2.45, 2.75) is 29.7 Å². The molecule has 0 amide bonds. The van der Waals surface area contributed by atoms with E-state index in [4.69, 9.17) is 0 Å². The molecule has 2 heterocycles. The zero-order valence-corrected chi connectivity index (χ0v) is 17.0. The van der Waals surface area contributed by atoms with Crippen molar-refractivity contribution in [3.8, 4) is 0 Å². The highest BCUT2D eigenvalue weighted by molar-refractivity contribution is 7.98. The number of nitrogens with zero attached hydrogens (tertiary/aromatic N) is 4. The van der Waals surface area contributed by atoms with Gasteiger partial charge in [0.15, 0.2) is 5.65 Å². The molecule has 32 heavy (non-hydrogen) atoms. The maximum absolute atomic E-state index is 13.3. The minimum atomic E-state index is -4.51. The average Bonchev–Trinajstić information content (AvgIpc) is 3.15. The first-order valence-corrected chi connectivity index (χ1v) is 10.2. The third kappa shape index (κ3) is 4.57. The molecule has 0 aliphatic heterocycles. The van der Waals surface area contributed by atoms with Crippen molar-refractivity contribution in [1.82, 2.24) is 19.5 Å². The summed E-state index contributed by atoms with van der Waals surface area (Å²) in [6, 6.07) is 10.4. The molecule has 0 unspecified atom stereocenters. The number of halogens is 6. The minimum absolute atomic E-state index is 0.00837. The number of alkyl halides is 6. The molecule has 11 heteroatoms. The summed E-state index contributed by atoms with van der Waals surface area (Å²) in [6.45, 7) is -0.121. The summed E-state index contributed by atoms with van der Waals surface area (Å²) in [7, 11) is 0. The van der Waals surface area contributed by atoms with Crippen molar-refractivity contribution in [3.05, 3.63) is 83.4 Å². The Balaban J connectivity index is 1.62. The third-order valence-electron chi connectivity index (χ3n) is 4.72. The third-order valence-corrected chi connectivity index (χ3v) is 5.75. The van der Waals surface area contributed by atoms with E-state index in [0.717, 1.165) is 23.9 Å². The number of aromatic nitrogens is 4. The van der Waals surface area contributed by atoms with Gasteiger partial charge < -0.3 is 4.57 Å². The summed E-state index contributed by atoms with van der Waals surface area (Å²) >= 11 is 1.05. The van der Waals surface area contributed by atoms with Crippen LogP contribution in [0.1, 0.15) is 22.3 Å². The Morgan fingerprint density at radius 1 is 0.750 bits per heavy atom. The van der Waals surface area contributed by atoms with Crippen LogP contribution < -0.4 is 0 Å². The van der Waals surface area contributed by atoms with E-state index in [1.54, 1.807) is 0 Å². The molecule has 0 aliphatic rings. The number of imidazole rings is 1. The molecule has 0 saturated heterocycles. The molecular formula is C21H14F6N4S. The van der Waals surface area contributed by atoms with Crippen LogP contribution in [-0.2, 0) is 24.7 Å². The zero-order chi connectivity index (χ0) is 22.9. The molecule has 2 aromatic heterocycles. The molecule has 0 atom stereocenters. The largest absolute Gasteiger partial charge is 0.416 e. The van der Waals surface area contributed by atoms with Crippen molar-refractivity contribution in [1.29, 1.82) is 0 Å². The molecule has 4 nitrogen and oxygen atoms in total. The van der Waals surface area contributed by atoms with Gasteiger partial charge >= 0.3 is 12.4 Å². The summed E-state index contributed by atoms with van der Waals surface area (Å²) in [4.78, 5) is 12.4. The fraction of sp³-hybridized carbons (Fsp3) is 0.190. The van der Waals surface area contributed by atoms with Crippen molar-refractivity contribution in [2.24, 2.45) is 0 Å². The molecule has 4 aromatic rings. The fourth-order valence-electron chi connectivity index (χ4n) is 3.27. The second kappa shape index (κ2) is 8.45. The summed E-state index contributed by atoms with van der Waals surface area (Å²) in [6.07, 6.45) is -6.42. The second-order valence-corrected chi connectivity index (χ2v) is 7.79. The van der Waals surface area contributed by atoms with Gasteiger partial charge in [0.2, 0.25) is 0 Å². The van der Waals surface area contributed by atoms with Crippen LogP contribution in [0.2, 0.25) is 0 Å². The molecule has 0 radical (unpaired) electrons. The Hall–Kier alpha value is -3.08. The maximum Gasteiger partial charge on any atom is 0.416 e. The quantitative estimate of drug-likeness (QED) is 0.199. The van der Waals surface area contributed by atoms with E-state index in [1.807, 2.05) is 0 Å². The Kier molecular flexibility index (Phi) is 5.85. The van der Waals surface area contributed by atoms with Gasteiger partial charge in [0.25, 0.3) is 0 Å². The van der Waals surface area contributed by atoms with E-state index in [2.05, 4.69) is 15.0 Å². The highest BCUT2D eigenvalue weighted by Crippen LogP contribution is 2.36. The molecule has 0 fully saturated rings. The number of benzene rings is 2. The Morgan fingerprint density at radius 2 is 1.34 bits per heavy atom. The molecule has 0 saturated carbocycles. The number of hydrogen-bond donors (Lipinski definition) is 0. The van der Waals surface area contributed by atoms with E-state index < -0.39 is 23.5 Å². The summed E-state index contributed by atoms with van der Waals surface area (Å²) in [5, 5.41) is 0.342. The van der Waals surface area contributed by atoms with Crippen LogP contribution >= 0.6 is 11.8 Å². The number of fused-ring (bicyclic) bond motifs is 1. The molecular weight excluding hydrogens is 454 g/mol. The monoisotopic (exact) mass is 468 g/mol. The topological polar surface area (TPSA) is 43.6 Å². The Morgan fingerprint density at radius 3 is 2.00 bits per heavy atom. The van der Waals surface area contributed by atoms with E-state index in [9.17, 15) is 26.3 Å². The van der Waals surface area contributed by atoms with Crippen molar-refractivity contribution >= 4 is 22.9 Å². The van der Waals surface area contributed by atoms with Gasteiger partial charge in [-0.15, -0.1) is 0 Å². The lowest BCUT2D eigenvalue weighted by Gasteiger charge is -2.13. The lowest BCUT2D eigenvalue weighted by molar-refractivity contribution is -0.139. The zero-order valence-electron chi connectivity index (χ0n) is 16.2. The van der Waals surface area contributed by atoms with Gasteiger partial charge in [-0.3, -0.25) is 0 Å². The highest BCUT2D eigenvalue weighted by Gasteiger charge is 2.34. The van der Waals surface area contributed by atoms with Crippen LogP contribution in [0.25, 0.3) is 11.2 Å². The van der Waals surface area contributed by atoms with Crippen molar-refractivity contribution in [2.75, 3.05) is 0 Å². The van der Waals surface area contributed by atoms with E-state index in [-0.39, 0.29) is 23.4 Å². The Labute approximate surface area is 182 Å². The van der Waals surface area contributed by atoms with Crippen LogP contribution in [0, 0.1) is 0 Å². The summed E-state index contributed by atoms with van der Waals surface area (Å²) in [5.74, 6) is -0.00837. The van der Waals surface area contributed by atoms with Gasteiger partial charge in [-0.25, -0.2) is 15.0 Å². The minimum Gasteiger partial charge on any atom is -0.311 e. The smallest absolute Gasteiger partial charge is 0.311 e. The maximum atomic E-state index is 13.3. The van der Waals surface area contributed by atoms with E-state index >= 15 is 0 Å². The normalized spacial score (nSPS) is 12.4. The van der Waals surface area contributed by atoms with E-state index in [1.165, 1.54) is 53.6 Å². The van der Waals surface area contributed by atoms with Crippen molar-refractivity contribution in [3.63, 3.8) is 0 Å². The van der Waals surface area contributed by atoms with Gasteiger partial charge in [-0.1, -0.05) is 48.2 Å². The molecule has 4 rings (SSSR count). The van der Waals surface area contributed by atoms with Crippen LogP contribution in [0.3, 0.4) is 0 Å². The van der Waals surface area contributed by atoms with Crippen LogP contribution in [0.5, 0.6) is 0 Å². The predicted molar refractivity (Wildman–Crippen MR) is 107 cm³/mol. The number of thioether (sulfide) groups is 1. The van der Waals surface area contributed by atoms with Crippen molar-refractivity contribution < 1.29 is 26.3 Å². The highest BCUT2D eigenvalue weighted by atomic mass is 32.2.